The van der Waals surface area contributed by atoms with E-state index in [0.717, 1.165) is 6.42 Å². The molecule has 3 aliphatic carbocycles. The van der Waals surface area contributed by atoms with E-state index >= 15 is 8.78 Å². The number of halogens is 2. The van der Waals surface area contributed by atoms with E-state index < -0.39 is 64.5 Å². The highest BCUT2D eigenvalue weighted by Crippen LogP contribution is 2.65. The molecule has 1 aromatic rings. The Bertz CT molecular complexity index is 1380. The van der Waals surface area contributed by atoms with Crippen molar-refractivity contribution in [3.05, 3.63) is 35.9 Å². The number of ketones is 1. The Morgan fingerprint density at radius 1 is 0.957 bits per heavy atom. The summed E-state index contributed by atoms with van der Waals surface area (Å²) in [5.74, 6) is -6.77. The summed E-state index contributed by atoms with van der Waals surface area (Å²) >= 11 is 0. The maximum absolute atomic E-state index is 16.2. The van der Waals surface area contributed by atoms with Gasteiger partial charge >= 0.3 is 6.03 Å². The fourth-order valence-electron chi connectivity index (χ4n) is 7.83. The normalized spacial score (nSPS) is 26.2. The molecule has 0 spiro atoms. The van der Waals surface area contributed by atoms with Gasteiger partial charge in [-0.2, -0.15) is 8.78 Å². The third kappa shape index (κ3) is 6.11. The van der Waals surface area contributed by atoms with Gasteiger partial charge in [-0.3, -0.25) is 19.2 Å². The number of likely N-dealkylation sites (tertiary alicyclic amines) is 1. The highest BCUT2D eigenvalue weighted by Gasteiger charge is 2.70. The maximum Gasteiger partial charge on any atom is 0.316 e. The number of urea groups is 1. The van der Waals surface area contributed by atoms with E-state index in [4.69, 9.17) is 5.73 Å². The summed E-state index contributed by atoms with van der Waals surface area (Å²) in [7, 11) is 0. The summed E-state index contributed by atoms with van der Waals surface area (Å²) in [6, 6.07) is 3.43. The molecule has 5 amide bonds. The van der Waals surface area contributed by atoms with Gasteiger partial charge in [0.05, 0.1) is 0 Å². The van der Waals surface area contributed by atoms with Crippen molar-refractivity contribution in [3.63, 3.8) is 0 Å². The molecule has 12 heteroatoms. The lowest BCUT2D eigenvalue weighted by molar-refractivity contribution is -0.145. The fourth-order valence-corrected chi connectivity index (χ4v) is 7.83. The number of benzene rings is 1. The molecule has 4 aliphatic rings. The Balaban J connectivity index is 1.37. The lowest BCUT2D eigenvalue weighted by atomic mass is 9.74. The van der Waals surface area contributed by atoms with Crippen molar-refractivity contribution >= 4 is 29.5 Å². The number of carbonyl (C=O) groups excluding carboxylic acids is 5. The zero-order valence-electron chi connectivity index (χ0n) is 27.3. The number of nitrogens with two attached hydrogens (primary N) is 1. The highest BCUT2D eigenvalue weighted by molar-refractivity contribution is 6.38. The Morgan fingerprint density at radius 2 is 1.57 bits per heavy atom. The van der Waals surface area contributed by atoms with Crippen LogP contribution in [0.3, 0.4) is 0 Å². The van der Waals surface area contributed by atoms with E-state index in [1.165, 1.54) is 17.0 Å². The molecule has 4 fully saturated rings. The van der Waals surface area contributed by atoms with Gasteiger partial charge in [0, 0.05) is 12.1 Å². The molecule has 1 unspecified atom stereocenters. The Hall–Kier alpha value is -3.57. The molecule has 1 heterocycles. The molecule has 46 heavy (non-hydrogen) atoms. The number of piperidine rings is 1. The largest absolute Gasteiger partial charge is 0.363 e. The van der Waals surface area contributed by atoms with Crippen molar-refractivity contribution < 1.29 is 32.8 Å². The molecule has 0 radical (unpaired) electrons. The van der Waals surface area contributed by atoms with E-state index in [-0.39, 0.29) is 48.1 Å². The molecular formula is C34H47F2N5O5. The minimum absolute atomic E-state index is 0.0166. The monoisotopic (exact) mass is 643 g/mol. The van der Waals surface area contributed by atoms with Gasteiger partial charge in [-0.1, -0.05) is 84.2 Å². The van der Waals surface area contributed by atoms with Crippen LogP contribution in [0.15, 0.2) is 30.3 Å². The van der Waals surface area contributed by atoms with Crippen LogP contribution in [0.2, 0.25) is 0 Å². The average Bonchev–Trinajstić information content (AvgIpc) is 3.87. The SMILES string of the molecule is CC(C)(C)[C@H](NC(=O)NC1(C(F)(F)c2ccccc2)CCCCC1)C(=O)N1C[C@H]2[C@@H]([C@H]1C(=O)NC(C(=O)C(N)=O)C1CC1)C2(C)C. The molecular weight excluding hydrogens is 596 g/mol. The van der Waals surface area contributed by atoms with Gasteiger partial charge in [0.2, 0.25) is 17.6 Å². The third-order valence-electron chi connectivity index (χ3n) is 10.9. The number of hydrogen-bond acceptors (Lipinski definition) is 5. The van der Waals surface area contributed by atoms with Crippen molar-refractivity contribution in [2.45, 2.75) is 109 Å². The molecule has 3 saturated carbocycles. The molecule has 1 saturated heterocycles. The van der Waals surface area contributed by atoms with Crippen LogP contribution < -0.4 is 21.7 Å². The average molecular weight is 644 g/mol. The van der Waals surface area contributed by atoms with Crippen LogP contribution in [0.4, 0.5) is 13.6 Å². The fraction of sp³-hybridized carbons (Fsp3) is 0.676. The van der Waals surface area contributed by atoms with Crippen molar-refractivity contribution in [1.29, 1.82) is 0 Å². The van der Waals surface area contributed by atoms with Crippen LogP contribution in [0.5, 0.6) is 0 Å². The van der Waals surface area contributed by atoms with Gasteiger partial charge in [-0.15, -0.1) is 0 Å². The number of primary amides is 1. The first kappa shape index (κ1) is 33.8. The maximum atomic E-state index is 16.2. The van der Waals surface area contributed by atoms with Gasteiger partial charge in [-0.25, -0.2) is 4.79 Å². The summed E-state index contributed by atoms with van der Waals surface area (Å²) in [6.45, 7) is 9.57. The summed E-state index contributed by atoms with van der Waals surface area (Å²) < 4.78 is 32.3. The molecule has 1 aromatic carbocycles. The molecule has 5 N–H and O–H groups in total. The number of rotatable bonds is 10. The first-order valence-electron chi connectivity index (χ1n) is 16.4. The molecule has 252 valence electrons. The Labute approximate surface area is 269 Å². The Kier molecular flexibility index (Phi) is 8.74. The first-order valence-corrected chi connectivity index (χ1v) is 16.4. The van der Waals surface area contributed by atoms with Crippen LogP contribution in [-0.2, 0) is 25.1 Å². The zero-order chi connectivity index (χ0) is 33.8. The van der Waals surface area contributed by atoms with Crippen molar-refractivity contribution in [1.82, 2.24) is 20.9 Å². The molecule has 1 aliphatic heterocycles. The minimum Gasteiger partial charge on any atom is -0.363 e. The van der Waals surface area contributed by atoms with E-state index in [1.54, 1.807) is 39.0 Å². The molecule has 5 rings (SSSR count). The number of nitrogens with one attached hydrogen (secondary N) is 3. The van der Waals surface area contributed by atoms with E-state index in [9.17, 15) is 24.0 Å². The summed E-state index contributed by atoms with van der Waals surface area (Å²) in [5.41, 5.74) is 2.15. The minimum atomic E-state index is -3.36. The van der Waals surface area contributed by atoms with Gasteiger partial charge in [-0.05, 0) is 54.3 Å². The number of carbonyl (C=O) groups is 5. The molecule has 0 aromatic heterocycles. The number of amides is 5. The van der Waals surface area contributed by atoms with Crippen LogP contribution in [-0.4, -0.2) is 64.6 Å². The lowest BCUT2D eigenvalue weighted by Gasteiger charge is -2.44. The van der Waals surface area contributed by atoms with Crippen LogP contribution in [0.1, 0.15) is 85.1 Å². The molecule has 5 atom stereocenters. The second-order valence-electron chi connectivity index (χ2n) is 15.4. The highest BCUT2D eigenvalue weighted by atomic mass is 19.3. The smallest absolute Gasteiger partial charge is 0.316 e. The number of alkyl halides is 2. The van der Waals surface area contributed by atoms with Crippen LogP contribution in [0, 0.1) is 28.6 Å². The van der Waals surface area contributed by atoms with E-state index in [1.807, 2.05) is 13.8 Å². The third-order valence-corrected chi connectivity index (χ3v) is 10.9. The van der Waals surface area contributed by atoms with Crippen molar-refractivity contribution in [2.24, 2.45) is 34.3 Å². The second-order valence-corrected chi connectivity index (χ2v) is 15.4. The Morgan fingerprint density at radius 3 is 2.11 bits per heavy atom. The van der Waals surface area contributed by atoms with Gasteiger partial charge < -0.3 is 26.6 Å². The van der Waals surface area contributed by atoms with E-state index in [0.29, 0.717) is 25.7 Å². The predicted octanol–water partition coefficient (Wildman–Crippen LogP) is 3.63. The quantitative estimate of drug-likeness (QED) is 0.287. The summed E-state index contributed by atoms with van der Waals surface area (Å²) in [5, 5.41) is 8.07. The van der Waals surface area contributed by atoms with Gasteiger partial charge in [0.15, 0.2) is 0 Å². The van der Waals surface area contributed by atoms with Gasteiger partial charge in [0.25, 0.3) is 11.8 Å². The molecule has 10 nitrogen and oxygen atoms in total. The van der Waals surface area contributed by atoms with Crippen LogP contribution in [0.25, 0.3) is 0 Å². The summed E-state index contributed by atoms with van der Waals surface area (Å²) in [6.07, 6.45) is 3.32. The van der Waals surface area contributed by atoms with Gasteiger partial charge in [0.1, 0.15) is 23.7 Å². The first-order chi connectivity index (χ1) is 21.4. The summed E-state index contributed by atoms with van der Waals surface area (Å²) in [4.78, 5) is 67.4. The predicted molar refractivity (Wildman–Crippen MR) is 166 cm³/mol. The van der Waals surface area contributed by atoms with E-state index in [2.05, 4.69) is 16.0 Å². The van der Waals surface area contributed by atoms with Crippen molar-refractivity contribution in [3.8, 4) is 0 Å². The number of nitrogens with zero attached hydrogens (tertiary/aromatic N) is 1. The topological polar surface area (TPSA) is 151 Å². The molecule has 0 bridgehead atoms. The lowest BCUT2D eigenvalue weighted by Crippen LogP contribution is -2.65. The zero-order valence-corrected chi connectivity index (χ0v) is 27.3. The second kappa shape index (κ2) is 11.9. The van der Waals surface area contributed by atoms with Crippen LogP contribution >= 0.6 is 0 Å². The number of hydrogen-bond donors (Lipinski definition) is 4. The number of fused-ring (bicyclic) bond motifs is 1. The number of Topliss-reactive ketones (excluding diaryl/α,β-unsaturated/α-hetero) is 1. The standard InChI is InChI=1S/C34H47F2N5O5/c1-31(2,3)26(39-30(46)40-33(16-10-7-11-17-33)34(35,36)20-12-8-6-9-13-20)29(45)41-18-21-22(32(21,4)5)24(41)28(44)38-23(19-14-15-19)25(42)27(37)43/h6,8-9,12-13,19,21-24,26H,7,10-11,14-18H2,1-5H3,(H2,37,43)(H,38,44)(H2,39,40,46)/t21-,22-,23?,24-,26+/m0/s1. The van der Waals surface area contributed by atoms with Crippen molar-refractivity contribution in [2.75, 3.05) is 6.54 Å².